The molecule has 1 aromatic carbocycles. The monoisotopic (exact) mass is 403 g/mol. The first-order valence-electron chi connectivity index (χ1n) is 9.68. The van der Waals surface area contributed by atoms with Crippen molar-refractivity contribution in [1.29, 1.82) is 0 Å². The van der Waals surface area contributed by atoms with Gasteiger partial charge < -0.3 is 10.2 Å². The third-order valence-electron chi connectivity index (χ3n) is 4.86. The van der Waals surface area contributed by atoms with E-state index in [0.717, 1.165) is 38.2 Å². The van der Waals surface area contributed by atoms with Gasteiger partial charge in [0.1, 0.15) is 5.82 Å². The molecule has 1 aliphatic heterocycles. The smallest absolute Gasteiger partial charge is 0.261 e. The highest BCUT2D eigenvalue weighted by molar-refractivity contribution is 7.12. The summed E-state index contributed by atoms with van der Waals surface area (Å²) >= 11 is 1.41. The molecule has 0 radical (unpaired) electrons. The fraction of sp³-hybridized carbons (Fsp3) is 0.429. The standard InChI is InChI=1S/C21H26FN3O2S/c22-18-8-6-17(7-9-18)16-24-11-3-12-25(14-13-24)20(26)5-1-10-23-21(27)19-4-2-15-28-19/h2,4,6-9,15H,1,3,5,10-14,16H2,(H,23,27). The van der Waals surface area contributed by atoms with Gasteiger partial charge >= 0.3 is 0 Å². The molecule has 1 aromatic heterocycles. The molecule has 1 aliphatic rings. The van der Waals surface area contributed by atoms with Gasteiger partial charge in [0.25, 0.3) is 5.91 Å². The zero-order chi connectivity index (χ0) is 19.8. The molecule has 0 bridgehead atoms. The molecule has 1 saturated heterocycles. The summed E-state index contributed by atoms with van der Waals surface area (Å²) in [5.74, 6) is -0.148. The molecule has 5 nitrogen and oxygen atoms in total. The molecule has 28 heavy (non-hydrogen) atoms. The molecule has 0 aliphatic carbocycles. The van der Waals surface area contributed by atoms with E-state index >= 15 is 0 Å². The second-order valence-corrected chi connectivity index (χ2v) is 7.92. The first-order valence-corrected chi connectivity index (χ1v) is 10.6. The minimum Gasteiger partial charge on any atom is -0.351 e. The number of rotatable bonds is 7. The highest BCUT2D eigenvalue weighted by Gasteiger charge is 2.19. The van der Waals surface area contributed by atoms with Gasteiger partial charge in [-0.25, -0.2) is 4.39 Å². The maximum Gasteiger partial charge on any atom is 0.261 e. The summed E-state index contributed by atoms with van der Waals surface area (Å²) < 4.78 is 13.0. The van der Waals surface area contributed by atoms with Crippen molar-refractivity contribution in [3.05, 3.63) is 58.0 Å². The number of nitrogens with one attached hydrogen (secondary N) is 1. The number of carbonyl (C=O) groups is 2. The second kappa shape index (κ2) is 10.3. The minimum absolute atomic E-state index is 0.0753. The summed E-state index contributed by atoms with van der Waals surface area (Å²) in [6, 6.07) is 10.2. The first kappa shape index (κ1) is 20.5. The highest BCUT2D eigenvalue weighted by Crippen LogP contribution is 2.11. The predicted octanol–water partition coefficient (Wildman–Crippen LogP) is 3.13. The van der Waals surface area contributed by atoms with E-state index in [-0.39, 0.29) is 17.6 Å². The van der Waals surface area contributed by atoms with E-state index < -0.39 is 0 Å². The Morgan fingerprint density at radius 3 is 2.64 bits per heavy atom. The molecule has 2 amide bonds. The van der Waals surface area contributed by atoms with E-state index in [2.05, 4.69) is 10.2 Å². The van der Waals surface area contributed by atoms with Crippen molar-refractivity contribution in [2.75, 3.05) is 32.7 Å². The molecule has 7 heteroatoms. The van der Waals surface area contributed by atoms with Gasteiger partial charge in [0.15, 0.2) is 0 Å². The number of benzene rings is 1. The maximum atomic E-state index is 13.0. The summed E-state index contributed by atoms with van der Waals surface area (Å²) in [7, 11) is 0. The fourth-order valence-corrected chi connectivity index (χ4v) is 3.96. The van der Waals surface area contributed by atoms with Gasteiger partial charge in [-0.2, -0.15) is 0 Å². The number of nitrogens with zero attached hydrogens (tertiary/aromatic N) is 2. The number of hydrogen-bond acceptors (Lipinski definition) is 4. The Hall–Kier alpha value is -2.25. The lowest BCUT2D eigenvalue weighted by Gasteiger charge is -2.22. The van der Waals surface area contributed by atoms with Crippen LogP contribution in [0, 0.1) is 5.82 Å². The van der Waals surface area contributed by atoms with Gasteiger partial charge in [-0.05, 0) is 42.0 Å². The summed E-state index contributed by atoms with van der Waals surface area (Å²) in [5, 5.41) is 4.73. The van der Waals surface area contributed by atoms with Crippen LogP contribution >= 0.6 is 11.3 Å². The Balaban J connectivity index is 1.36. The summed E-state index contributed by atoms with van der Waals surface area (Å²) in [5.41, 5.74) is 1.09. The quantitative estimate of drug-likeness (QED) is 0.723. The second-order valence-electron chi connectivity index (χ2n) is 6.97. The van der Waals surface area contributed by atoms with Crippen LogP contribution in [0.1, 0.15) is 34.5 Å². The van der Waals surface area contributed by atoms with Crippen molar-refractivity contribution in [3.8, 4) is 0 Å². The molecule has 2 aromatic rings. The summed E-state index contributed by atoms with van der Waals surface area (Å²) in [6.07, 6.45) is 2.02. The average Bonchev–Trinajstić information content (AvgIpc) is 3.14. The topological polar surface area (TPSA) is 52.7 Å². The third kappa shape index (κ3) is 6.14. The van der Waals surface area contributed by atoms with Gasteiger partial charge in [0.2, 0.25) is 5.91 Å². The Morgan fingerprint density at radius 2 is 1.89 bits per heavy atom. The van der Waals surface area contributed by atoms with Gasteiger partial charge in [-0.1, -0.05) is 18.2 Å². The van der Waals surface area contributed by atoms with E-state index in [1.165, 1.54) is 23.5 Å². The van der Waals surface area contributed by atoms with Crippen LogP contribution in [0.4, 0.5) is 4.39 Å². The lowest BCUT2D eigenvalue weighted by Crippen LogP contribution is -2.35. The molecule has 0 saturated carbocycles. The summed E-state index contributed by atoms with van der Waals surface area (Å²) in [6.45, 7) is 4.50. The molecule has 3 rings (SSSR count). The Bertz CT molecular complexity index is 764. The molecule has 0 atom stereocenters. The van der Waals surface area contributed by atoms with Gasteiger partial charge in [0, 0.05) is 45.7 Å². The Labute approximate surface area is 169 Å². The van der Waals surface area contributed by atoms with Crippen molar-refractivity contribution in [2.45, 2.75) is 25.8 Å². The average molecular weight is 404 g/mol. The number of carbonyl (C=O) groups excluding carboxylic acids is 2. The molecule has 0 spiro atoms. The van der Waals surface area contributed by atoms with E-state index in [1.807, 2.05) is 28.5 Å². The Kier molecular flexibility index (Phi) is 7.56. The highest BCUT2D eigenvalue weighted by atomic mass is 32.1. The van der Waals surface area contributed by atoms with E-state index in [1.54, 1.807) is 6.07 Å². The normalized spacial score (nSPS) is 15.2. The van der Waals surface area contributed by atoms with Gasteiger partial charge in [-0.15, -0.1) is 11.3 Å². The van der Waals surface area contributed by atoms with Crippen LogP contribution in [0.5, 0.6) is 0 Å². The van der Waals surface area contributed by atoms with Gasteiger partial charge in [-0.3, -0.25) is 14.5 Å². The number of amides is 2. The molecule has 150 valence electrons. The van der Waals surface area contributed by atoms with Crippen molar-refractivity contribution >= 4 is 23.2 Å². The third-order valence-corrected chi connectivity index (χ3v) is 5.73. The van der Waals surface area contributed by atoms with Crippen LogP contribution < -0.4 is 5.32 Å². The lowest BCUT2D eigenvalue weighted by atomic mass is 10.2. The number of halogens is 1. The van der Waals surface area contributed by atoms with Crippen LogP contribution in [-0.4, -0.2) is 54.3 Å². The number of thiophene rings is 1. The van der Waals surface area contributed by atoms with Crippen molar-refractivity contribution in [3.63, 3.8) is 0 Å². The van der Waals surface area contributed by atoms with Crippen LogP contribution in [-0.2, 0) is 11.3 Å². The largest absolute Gasteiger partial charge is 0.351 e. The predicted molar refractivity (Wildman–Crippen MR) is 109 cm³/mol. The van der Waals surface area contributed by atoms with Crippen LogP contribution in [0.15, 0.2) is 41.8 Å². The van der Waals surface area contributed by atoms with Crippen LogP contribution in [0.2, 0.25) is 0 Å². The van der Waals surface area contributed by atoms with Gasteiger partial charge in [0.05, 0.1) is 4.88 Å². The molecule has 1 fully saturated rings. The van der Waals surface area contributed by atoms with E-state index in [4.69, 9.17) is 0 Å². The molecular formula is C21H26FN3O2S. The minimum atomic E-state index is -0.219. The zero-order valence-corrected chi connectivity index (χ0v) is 16.7. The maximum absolute atomic E-state index is 13.0. The molecule has 0 unspecified atom stereocenters. The van der Waals surface area contributed by atoms with Crippen molar-refractivity contribution < 1.29 is 14.0 Å². The molecule has 2 heterocycles. The molecule has 1 N–H and O–H groups in total. The van der Waals surface area contributed by atoms with Crippen molar-refractivity contribution in [2.24, 2.45) is 0 Å². The van der Waals surface area contributed by atoms with E-state index in [9.17, 15) is 14.0 Å². The SMILES string of the molecule is O=C(NCCCC(=O)N1CCCN(Cc2ccc(F)cc2)CC1)c1cccs1. The lowest BCUT2D eigenvalue weighted by molar-refractivity contribution is -0.131. The zero-order valence-electron chi connectivity index (χ0n) is 15.9. The molecular weight excluding hydrogens is 377 g/mol. The van der Waals surface area contributed by atoms with E-state index in [0.29, 0.717) is 30.8 Å². The first-order chi connectivity index (χ1) is 13.6. The van der Waals surface area contributed by atoms with Crippen LogP contribution in [0.3, 0.4) is 0 Å². The van der Waals surface area contributed by atoms with Crippen LogP contribution in [0.25, 0.3) is 0 Å². The number of hydrogen-bond donors (Lipinski definition) is 1. The fourth-order valence-electron chi connectivity index (χ4n) is 3.32. The Morgan fingerprint density at radius 1 is 1.07 bits per heavy atom. The summed E-state index contributed by atoms with van der Waals surface area (Å²) in [4.78, 5) is 29.3. The van der Waals surface area contributed by atoms with Crippen molar-refractivity contribution in [1.82, 2.24) is 15.1 Å².